The van der Waals surface area contributed by atoms with Crippen LogP contribution in [-0.2, 0) is 0 Å². The van der Waals surface area contributed by atoms with Gasteiger partial charge in [-0.25, -0.2) is 4.99 Å². The molecule has 10 aromatic rings. The number of nitrogens with zero attached hydrogens (tertiary/aromatic N) is 2. The minimum atomic E-state index is -0.225. The van der Waals surface area contributed by atoms with Crippen molar-refractivity contribution in [1.29, 1.82) is 0 Å². The minimum absolute atomic E-state index is 0.225. The Morgan fingerprint density at radius 3 is 1.59 bits per heavy atom. The van der Waals surface area contributed by atoms with Crippen LogP contribution in [0.2, 0.25) is 0 Å². The third-order valence-corrected chi connectivity index (χ3v) is 11.3. The van der Waals surface area contributed by atoms with Crippen molar-refractivity contribution in [2.24, 2.45) is 4.99 Å². The maximum atomic E-state index is 6.78. The van der Waals surface area contributed by atoms with Gasteiger partial charge in [0.1, 0.15) is 11.2 Å². The highest BCUT2D eigenvalue weighted by Gasteiger charge is 2.29. The number of hydrogen-bond donors (Lipinski definition) is 1. The molecular weight excluding hydrogens is 707 g/mol. The van der Waals surface area contributed by atoms with Crippen LogP contribution in [0.5, 0.6) is 0 Å². The van der Waals surface area contributed by atoms with Crippen molar-refractivity contribution in [3.8, 4) is 33.4 Å². The van der Waals surface area contributed by atoms with Gasteiger partial charge in [-0.05, 0) is 104 Å². The number of para-hydroxylation sites is 1. The summed E-state index contributed by atoms with van der Waals surface area (Å²) in [5.41, 5.74) is 13.8. The highest BCUT2D eigenvalue weighted by atomic mass is 16.3. The van der Waals surface area contributed by atoms with E-state index in [-0.39, 0.29) is 6.04 Å². The number of guanidine groups is 1. The van der Waals surface area contributed by atoms with Crippen molar-refractivity contribution in [2.75, 3.05) is 4.90 Å². The summed E-state index contributed by atoms with van der Waals surface area (Å²) in [6, 6.07) is 74.9. The van der Waals surface area contributed by atoms with Crippen LogP contribution in [0.25, 0.3) is 66.1 Å². The van der Waals surface area contributed by atoms with Gasteiger partial charge < -0.3 is 9.73 Å². The van der Waals surface area contributed by atoms with Gasteiger partial charge in [0.05, 0.1) is 11.7 Å². The van der Waals surface area contributed by atoms with Gasteiger partial charge in [-0.2, -0.15) is 0 Å². The quantitative estimate of drug-likeness (QED) is 0.184. The first-order valence-corrected chi connectivity index (χ1v) is 19.7. The number of aliphatic imine (C=N–C) groups is 1. The molecule has 9 aromatic carbocycles. The van der Waals surface area contributed by atoms with Gasteiger partial charge in [-0.15, -0.1) is 0 Å². The zero-order valence-corrected chi connectivity index (χ0v) is 31.6. The van der Waals surface area contributed by atoms with Crippen molar-refractivity contribution in [1.82, 2.24) is 5.32 Å². The van der Waals surface area contributed by atoms with E-state index in [2.05, 4.69) is 223 Å². The van der Waals surface area contributed by atoms with E-state index in [9.17, 15) is 0 Å². The zero-order valence-electron chi connectivity index (χ0n) is 31.6. The van der Waals surface area contributed by atoms with E-state index >= 15 is 0 Å². The van der Waals surface area contributed by atoms with Gasteiger partial charge in [-0.3, -0.25) is 4.90 Å². The lowest BCUT2D eigenvalue weighted by Gasteiger charge is -2.34. The molecule has 4 heteroatoms. The SMILES string of the molecule is c1ccc(-c2ccc(N(C3=Nc4ccccc4C(c4cc(-c5ccccc5)c5c(c4)oc4cc6ccccc6cc45)N3)c3ccc(-c4ccccc4)cc3)cc2)cc1. The number of anilines is 2. The lowest BCUT2D eigenvalue weighted by atomic mass is 9.90. The van der Waals surface area contributed by atoms with Crippen molar-refractivity contribution in [2.45, 2.75) is 6.04 Å². The Hall–Kier alpha value is -7.69. The normalized spacial score (nSPS) is 13.6. The number of nitrogens with one attached hydrogen (secondary N) is 1. The molecule has 4 nitrogen and oxygen atoms in total. The van der Waals surface area contributed by atoms with E-state index in [1.54, 1.807) is 0 Å². The van der Waals surface area contributed by atoms with Crippen LogP contribution >= 0.6 is 0 Å². The Balaban J connectivity index is 1.07. The Labute approximate surface area is 337 Å². The highest BCUT2D eigenvalue weighted by molar-refractivity contribution is 6.16. The molecule has 1 aromatic heterocycles. The summed E-state index contributed by atoms with van der Waals surface area (Å²) in [5, 5.41) is 8.54. The predicted molar refractivity (Wildman–Crippen MR) is 241 cm³/mol. The van der Waals surface area contributed by atoms with Crippen molar-refractivity contribution >= 4 is 55.7 Å². The molecule has 1 atom stereocenters. The molecule has 0 fully saturated rings. The first-order valence-electron chi connectivity index (χ1n) is 19.7. The summed E-state index contributed by atoms with van der Waals surface area (Å²) in [5.74, 6) is 0.737. The molecule has 0 saturated carbocycles. The molecular formula is C54H37N3O. The molecule has 58 heavy (non-hydrogen) atoms. The van der Waals surface area contributed by atoms with Gasteiger partial charge in [0.25, 0.3) is 0 Å². The highest BCUT2D eigenvalue weighted by Crippen LogP contribution is 2.43. The minimum Gasteiger partial charge on any atom is -0.456 e. The number of rotatable bonds is 6. The average Bonchev–Trinajstić information content (AvgIpc) is 3.66. The number of benzene rings is 9. The smallest absolute Gasteiger partial charge is 0.209 e. The largest absolute Gasteiger partial charge is 0.456 e. The van der Waals surface area contributed by atoms with Crippen LogP contribution in [0.1, 0.15) is 17.2 Å². The molecule has 1 aliphatic rings. The third kappa shape index (κ3) is 5.99. The molecule has 0 radical (unpaired) electrons. The summed E-state index contributed by atoms with van der Waals surface area (Å²) < 4.78 is 6.78. The van der Waals surface area contributed by atoms with E-state index in [0.29, 0.717) is 0 Å². The van der Waals surface area contributed by atoms with Crippen LogP contribution in [-0.4, -0.2) is 5.96 Å². The maximum Gasteiger partial charge on any atom is 0.209 e. The van der Waals surface area contributed by atoms with Gasteiger partial charge in [0.2, 0.25) is 5.96 Å². The molecule has 0 saturated heterocycles. The summed E-state index contributed by atoms with van der Waals surface area (Å²) in [4.78, 5) is 7.58. The summed E-state index contributed by atoms with van der Waals surface area (Å²) in [6.07, 6.45) is 0. The van der Waals surface area contributed by atoms with Crippen LogP contribution < -0.4 is 10.2 Å². The van der Waals surface area contributed by atoms with Gasteiger partial charge >= 0.3 is 0 Å². The molecule has 0 amide bonds. The van der Waals surface area contributed by atoms with Crippen molar-refractivity contribution < 1.29 is 4.42 Å². The second-order valence-corrected chi connectivity index (χ2v) is 14.8. The van der Waals surface area contributed by atoms with Gasteiger partial charge in [0.15, 0.2) is 0 Å². The molecule has 274 valence electrons. The Morgan fingerprint density at radius 2 is 0.966 bits per heavy atom. The first-order chi connectivity index (χ1) is 28.7. The monoisotopic (exact) mass is 743 g/mol. The van der Waals surface area contributed by atoms with E-state index in [0.717, 1.165) is 83.7 Å². The lowest BCUT2D eigenvalue weighted by molar-refractivity contribution is 0.666. The Morgan fingerprint density at radius 1 is 0.448 bits per heavy atom. The molecule has 2 heterocycles. The van der Waals surface area contributed by atoms with Crippen LogP contribution in [0.4, 0.5) is 17.1 Å². The van der Waals surface area contributed by atoms with Gasteiger partial charge in [-0.1, -0.05) is 158 Å². The predicted octanol–water partition coefficient (Wildman–Crippen LogP) is 14.3. The summed E-state index contributed by atoms with van der Waals surface area (Å²) in [6.45, 7) is 0. The van der Waals surface area contributed by atoms with E-state index in [4.69, 9.17) is 9.41 Å². The topological polar surface area (TPSA) is 40.8 Å². The Kier molecular flexibility index (Phi) is 8.18. The molecule has 0 bridgehead atoms. The zero-order chi connectivity index (χ0) is 38.4. The molecule has 1 aliphatic heterocycles. The fraction of sp³-hybridized carbons (Fsp3) is 0.0185. The summed E-state index contributed by atoms with van der Waals surface area (Å²) >= 11 is 0. The van der Waals surface area contributed by atoms with E-state index < -0.39 is 0 Å². The first kappa shape index (κ1) is 33.6. The Bertz CT molecular complexity index is 3030. The molecule has 1 unspecified atom stereocenters. The second-order valence-electron chi connectivity index (χ2n) is 14.8. The maximum absolute atomic E-state index is 6.78. The second kappa shape index (κ2) is 14.1. The molecule has 0 spiro atoms. The van der Waals surface area contributed by atoms with E-state index in [1.165, 1.54) is 16.5 Å². The molecule has 0 aliphatic carbocycles. The number of fused-ring (bicyclic) bond motifs is 5. The van der Waals surface area contributed by atoms with Crippen LogP contribution in [0, 0.1) is 0 Å². The van der Waals surface area contributed by atoms with E-state index in [1.807, 2.05) is 0 Å². The van der Waals surface area contributed by atoms with Crippen molar-refractivity contribution in [3.63, 3.8) is 0 Å². The number of hydrogen-bond acceptors (Lipinski definition) is 4. The van der Waals surface area contributed by atoms with Crippen LogP contribution in [0.15, 0.2) is 222 Å². The van der Waals surface area contributed by atoms with Gasteiger partial charge in [0, 0.05) is 27.7 Å². The standard InChI is InChI=1S/C54H37N3O/c1-4-14-36(15-5-1)38-24-28-44(29-25-38)57(45-30-26-39(27-31-45)37-16-6-2-7-17-37)54-55-49-23-13-12-22-46(49)53(56-54)43-33-47(40-18-8-3-9-19-40)52-48-32-41-20-10-11-21-42(41)34-50(48)58-51(52)35-43/h1-35,53H,(H,55,56). The number of furan rings is 1. The van der Waals surface area contributed by atoms with Crippen molar-refractivity contribution in [3.05, 3.63) is 223 Å². The molecule has 1 N–H and O–H groups in total. The lowest BCUT2D eigenvalue weighted by Crippen LogP contribution is -2.42. The molecule has 11 rings (SSSR count). The third-order valence-electron chi connectivity index (χ3n) is 11.3. The summed E-state index contributed by atoms with van der Waals surface area (Å²) in [7, 11) is 0. The van der Waals surface area contributed by atoms with Crippen LogP contribution in [0.3, 0.4) is 0 Å². The fourth-order valence-electron chi connectivity index (χ4n) is 8.45. The average molecular weight is 744 g/mol. The fourth-order valence-corrected chi connectivity index (χ4v) is 8.45.